The van der Waals surface area contributed by atoms with E-state index in [1.54, 1.807) is 6.20 Å². The van der Waals surface area contributed by atoms with E-state index in [1.165, 1.54) is 5.56 Å². The van der Waals surface area contributed by atoms with Gasteiger partial charge in [0.05, 0.1) is 0 Å². The van der Waals surface area contributed by atoms with Gasteiger partial charge in [0, 0.05) is 48.4 Å². The van der Waals surface area contributed by atoms with E-state index in [0.29, 0.717) is 6.42 Å². The Morgan fingerprint density at radius 3 is 2.71 bits per heavy atom. The predicted molar refractivity (Wildman–Crippen MR) is 108 cm³/mol. The Hall–Kier alpha value is -3.15. The maximum absolute atomic E-state index is 12.8. The number of carbonyl (C=O) groups excluding carboxylic acids is 2. The lowest BCUT2D eigenvalue weighted by Crippen LogP contribution is -2.63. The molecule has 1 aromatic carbocycles. The van der Waals surface area contributed by atoms with Gasteiger partial charge in [0.15, 0.2) is 0 Å². The summed E-state index contributed by atoms with van der Waals surface area (Å²) in [5, 5.41) is 6.94. The number of amides is 2. The summed E-state index contributed by atoms with van der Waals surface area (Å²) in [4.78, 5) is 29.7. The minimum Gasteiger partial charge on any atom is -0.350 e. The van der Waals surface area contributed by atoms with Gasteiger partial charge in [-0.25, -0.2) is 0 Å². The molecule has 1 aliphatic heterocycles. The quantitative estimate of drug-likeness (QED) is 0.733. The minimum absolute atomic E-state index is 0.148. The van der Waals surface area contributed by atoms with Crippen molar-refractivity contribution >= 4 is 22.7 Å². The number of fused-ring (bicyclic) bond motifs is 1. The third-order valence-electron chi connectivity index (χ3n) is 5.52. The van der Waals surface area contributed by atoms with Crippen LogP contribution in [0.15, 0.2) is 48.8 Å². The van der Waals surface area contributed by atoms with Crippen LogP contribution in [0.1, 0.15) is 29.7 Å². The molecule has 1 aliphatic rings. The van der Waals surface area contributed by atoms with Gasteiger partial charge in [0.25, 0.3) is 0 Å². The second kappa shape index (κ2) is 7.11. The average molecular weight is 376 g/mol. The highest BCUT2D eigenvalue weighted by atomic mass is 16.2. The Balaban J connectivity index is 1.57. The Labute approximate surface area is 164 Å². The molecular weight excluding hydrogens is 352 g/mol. The van der Waals surface area contributed by atoms with Crippen LogP contribution < -0.4 is 10.6 Å². The number of aromatic nitrogens is 2. The van der Waals surface area contributed by atoms with Crippen molar-refractivity contribution in [2.45, 2.75) is 38.3 Å². The number of hydrogen-bond donors (Lipinski definition) is 2. The molecule has 2 amide bonds. The van der Waals surface area contributed by atoms with Gasteiger partial charge in [-0.15, -0.1) is 0 Å². The van der Waals surface area contributed by atoms with Crippen molar-refractivity contribution in [2.24, 2.45) is 7.05 Å². The lowest BCUT2D eigenvalue weighted by molar-refractivity contribution is -0.137. The highest BCUT2D eigenvalue weighted by Gasteiger charge is 2.38. The maximum atomic E-state index is 12.8. The van der Waals surface area contributed by atoms with Gasteiger partial charge >= 0.3 is 0 Å². The lowest BCUT2D eigenvalue weighted by Gasteiger charge is -2.32. The van der Waals surface area contributed by atoms with Crippen LogP contribution in [0.25, 0.3) is 10.9 Å². The van der Waals surface area contributed by atoms with Crippen molar-refractivity contribution in [1.29, 1.82) is 0 Å². The van der Waals surface area contributed by atoms with E-state index < -0.39 is 12.1 Å². The fourth-order valence-electron chi connectivity index (χ4n) is 3.95. The van der Waals surface area contributed by atoms with Crippen LogP contribution in [0, 0.1) is 6.92 Å². The van der Waals surface area contributed by atoms with E-state index in [2.05, 4.69) is 45.3 Å². The van der Waals surface area contributed by atoms with Gasteiger partial charge < -0.3 is 15.2 Å². The Bertz CT molecular complexity index is 1040. The number of piperazine rings is 1. The molecule has 0 bridgehead atoms. The lowest BCUT2D eigenvalue weighted by atomic mass is 9.89. The zero-order valence-electron chi connectivity index (χ0n) is 16.3. The molecule has 3 heterocycles. The minimum atomic E-state index is -0.599. The molecule has 1 fully saturated rings. The number of aryl methyl sites for hydroxylation is 2. The SMILES string of the molecule is Cc1ccc2c(c1)c([C@@H](C)[C@H]1NC(=O)[C@H](Cc3ccccn3)NC1=O)cn2C. The molecule has 0 saturated carbocycles. The average Bonchev–Trinajstić information content (AvgIpc) is 3.00. The molecule has 6 heteroatoms. The Morgan fingerprint density at radius 2 is 1.96 bits per heavy atom. The second-order valence-electron chi connectivity index (χ2n) is 7.58. The van der Waals surface area contributed by atoms with Crippen LogP contribution in [0.3, 0.4) is 0 Å². The normalized spacial score (nSPS) is 20.7. The predicted octanol–water partition coefficient (Wildman–Crippen LogP) is 2.21. The first-order chi connectivity index (χ1) is 13.4. The largest absolute Gasteiger partial charge is 0.350 e. The Kier molecular flexibility index (Phi) is 4.63. The summed E-state index contributed by atoms with van der Waals surface area (Å²) in [7, 11) is 2.00. The number of rotatable bonds is 4. The van der Waals surface area contributed by atoms with Crippen molar-refractivity contribution < 1.29 is 9.59 Å². The fraction of sp³-hybridized carbons (Fsp3) is 0.318. The van der Waals surface area contributed by atoms with Gasteiger partial charge in [-0.05, 0) is 36.8 Å². The van der Waals surface area contributed by atoms with Crippen molar-refractivity contribution in [3.05, 3.63) is 65.6 Å². The molecule has 3 aromatic rings. The molecule has 0 spiro atoms. The molecule has 0 aliphatic carbocycles. The summed E-state index contributed by atoms with van der Waals surface area (Å²) in [5.74, 6) is -0.471. The van der Waals surface area contributed by atoms with Crippen molar-refractivity contribution in [2.75, 3.05) is 0 Å². The number of carbonyl (C=O) groups is 2. The molecule has 144 valence electrons. The Morgan fingerprint density at radius 1 is 1.14 bits per heavy atom. The van der Waals surface area contributed by atoms with Gasteiger partial charge in [0.1, 0.15) is 12.1 Å². The first kappa shape index (κ1) is 18.2. The number of benzene rings is 1. The molecule has 3 atom stereocenters. The van der Waals surface area contributed by atoms with Crippen molar-refractivity contribution in [3.8, 4) is 0 Å². The first-order valence-corrected chi connectivity index (χ1v) is 9.50. The fourth-order valence-corrected chi connectivity index (χ4v) is 3.95. The van der Waals surface area contributed by atoms with Gasteiger partial charge in [-0.3, -0.25) is 14.6 Å². The number of nitrogens with zero attached hydrogens (tertiary/aromatic N) is 2. The summed E-state index contributed by atoms with van der Waals surface area (Å²) in [6.45, 7) is 4.04. The molecule has 4 rings (SSSR count). The standard InChI is InChI=1S/C22H24N4O2/c1-13-7-8-19-16(10-13)17(12-26(19)3)14(2)20-22(28)24-18(21(27)25-20)11-15-6-4-5-9-23-15/h4-10,12,14,18,20H,11H2,1-3H3,(H,24,28)(H,25,27)/t14-,18+,20-/m1/s1. The highest BCUT2D eigenvalue weighted by molar-refractivity contribution is 5.98. The van der Waals surface area contributed by atoms with Gasteiger partial charge in [-0.1, -0.05) is 24.6 Å². The molecule has 0 unspecified atom stereocenters. The second-order valence-corrected chi connectivity index (χ2v) is 7.58. The summed E-state index contributed by atoms with van der Waals surface area (Å²) in [6, 6.07) is 10.7. The van der Waals surface area contributed by atoms with E-state index in [9.17, 15) is 9.59 Å². The van der Waals surface area contributed by atoms with E-state index in [1.807, 2.05) is 38.4 Å². The van der Waals surface area contributed by atoms with Gasteiger partial charge in [-0.2, -0.15) is 0 Å². The van der Waals surface area contributed by atoms with Crippen LogP contribution in [0.5, 0.6) is 0 Å². The molecule has 1 saturated heterocycles. The summed E-state index contributed by atoms with van der Waals surface area (Å²) in [6.07, 6.45) is 4.12. The third kappa shape index (κ3) is 3.26. The molecule has 6 nitrogen and oxygen atoms in total. The van der Waals surface area contributed by atoms with Crippen LogP contribution >= 0.6 is 0 Å². The van der Waals surface area contributed by atoms with Crippen molar-refractivity contribution in [1.82, 2.24) is 20.2 Å². The van der Waals surface area contributed by atoms with Crippen LogP contribution in [-0.2, 0) is 23.1 Å². The van der Waals surface area contributed by atoms with Crippen LogP contribution in [-0.4, -0.2) is 33.4 Å². The smallest absolute Gasteiger partial charge is 0.243 e. The molecular formula is C22H24N4O2. The molecule has 0 radical (unpaired) electrons. The number of nitrogens with one attached hydrogen (secondary N) is 2. The highest BCUT2D eigenvalue weighted by Crippen LogP contribution is 2.31. The molecule has 2 aromatic heterocycles. The van der Waals surface area contributed by atoms with E-state index in [-0.39, 0.29) is 17.7 Å². The third-order valence-corrected chi connectivity index (χ3v) is 5.52. The maximum Gasteiger partial charge on any atom is 0.243 e. The molecule has 28 heavy (non-hydrogen) atoms. The summed E-state index contributed by atoms with van der Waals surface area (Å²) >= 11 is 0. The monoisotopic (exact) mass is 376 g/mol. The van der Waals surface area contributed by atoms with Gasteiger partial charge in [0.2, 0.25) is 11.8 Å². The zero-order valence-corrected chi connectivity index (χ0v) is 16.3. The van der Waals surface area contributed by atoms with E-state index in [0.717, 1.165) is 22.2 Å². The number of hydrogen-bond acceptors (Lipinski definition) is 3. The van der Waals surface area contributed by atoms with Crippen LogP contribution in [0.2, 0.25) is 0 Å². The first-order valence-electron chi connectivity index (χ1n) is 9.50. The zero-order chi connectivity index (χ0) is 19.8. The van der Waals surface area contributed by atoms with Crippen LogP contribution in [0.4, 0.5) is 0 Å². The topological polar surface area (TPSA) is 76.0 Å². The number of pyridine rings is 1. The van der Waals surface area contributed by atoms with Crippen molar-refractivity contribution in [3.63, 3.8) is 0 Å². The van der Waals surface area contributed by atoms with E-state index >= 15 is 0 Å². The summed E-state index contributed by atoms with van der Waals surface area (Å²) in [5.41, 5.74) is 4.12. The van der Waals surface area contributed by atoms with E-state index in [4.69, 9.17) is 0 Å². The summed E-state index contributed by atoms with van der Waals surface area (Å²) < 4.78 is 2.06. The molecule has 2 N–H and O–H groups in total.